The number of ketones is 1. The number of carbonyl (C=O) groups excluding carboxylic acids is 1. The van der Waals surface area contributed by atoms with Gasteiger partial charge in [0, 0.05) is 68.3 Å². The van der Waals surface area contributed by atoms with Crippen LogP contribution in [0, 0.1) is 18.8 Å². The van der Waals surface area contributed by atoms with Gasteiger partial charge in [0.2, 0.25) is 0 Å². The quantitative estimate of drug-likeness (QED) is 0.241. The maximum atomic E-state index is 14.0. The van der Waals surface area contributed by atoms with E-state index in [1.165, 1.54) is 12.4 Å². The summed E-state index contributed by atoms with van der Waals surface area (Å²) in [7, 11) is 3.81. The fraction of sp³-hybridized carbons (Fsp3) is 0.303. The van der Waals surface area contributed by atoms with Crippen molar-refractivity contribution in [3.8, 4) is 11.8 Å². The van der Waals surface area contributed by atoms with E-state index in [4.69, 9.17) is 0 Å². The van der Waals surface area contributed by atoms with Gasteiger partial charge in [-0.2, -0.15) is 13.2 Å². The molecule has 0 bridgehead atoms. The number of benzene rings is 3. The van der Waals surface area contributed by atoms with Gasteiger partial charge in [0.15, 0.2) is 5.78 Å². The lowest BCUT2D eigenvalue weighted by Crippen LogP contribution is -2.44. The fourth-order valence-electron chi connectivity index (χ4n) is 5.07. The summed E-state index contributed by atoms with van der Waals surface area (Å²) in [6, 6.07) is 15.2. The lowest BCUT2D eigenvalue weighted by atomic mass is 9.96. The highest BCUT2D eigenvalue weighted by atomic mass is 19.4. The van der Waals surface area contributed by atoms with Crippen LogP contribution in [0.15, 0.2) is 60.9 Å². The third-order valence-corrected chi connectivity index (χ3v) is 7.61. The SMILES string of the molecule is CNc1ncnc2cc(C#Cc3cc(C(=O)Cc4ccc(CN5CCN(C)CC5)c(C(F)(F)F)c4)ccc3C)ccc12. The van der Waals surface area contributed by atoms with Crippen molar-refractivity contribution in [1.29, 1.82) is 0 Å². The molecule has 0 spiro atoms. The number of piperazine rings is 1. The number of likely N-dealkylation sites (N-methyl/N-ethyl adjacent to an activating group) is 1. The van der Waals surface area contributed by atoms with Crippen molar-refractivity contribution in [3.05, 3.63) is 99.9 Å². The number of nitrogens with zero attached hydrogens (tertiary/aromatic N) is 4. The van der Waals surface area contributed by atoms with Gasteiger partial charge in [0.25, 0.3) is 0 Å². The van der Waals surface area contributed by atoms with E-state index in [-0.39, 0.29) is 24.3 Å². The molecule has 4 aromatic rings. The van der Waals surface area contributed by atoms with Gasteiger partial charge in [-0.15, -0.1) is 0 Å². The Labute approximate surface area is 243 Å². The zero-order valence-electron chi connectivity index (χ0n) is 23.8. The number of nitrogens with one attached hydrogen (secondary N) is 1. The number of halogens is 3. The normalized spacial score (nSPS) is 14.4. The zero-order chi connectivity index (χ0) is 29.9. The maximum absolute atomic E-state index is 14.0. The molecule has 5 rings (SSSR count). The van der Waals surface area contributed by atoms with Gasteiger partial charge in [-0.3, -0.25) is 9.69 Å². The first-order chi connectivity index (χ1) is 20.1. The first kappa shape index (κ1) is 29.2. The number of alkyl halides is 3. The number of carbonyl (C=O) groups is 1. The molecule has 0 aliphatic carbocycles. The number of aromatic nitrogens is 2. The van der Waals surface area contributed by atoms with Crippen LogP contribution in [0.5, 0.6) is 0 Å². The number of rotatable bonds is 6. The van der Waals surface area contributed by atoms with Crippen LogP contribution in [0.3, 0.4) is 0 Å². The minimum absolute atomic E-state index is 0.133. The topological polar surface area (TPSA) is 61.4 Å². The van der Waals surface area contributed by atoms with Gasteiger partial charge in [0.05, 0.1) is 11.1 Å². The summed E-state index contributed by atoms with van der Waals surface area (Å²) < 4.78 is 42.0. The van der Waals surface area contributed by atoms with E-state index in [1.807, 2.05) is 43.1 Å². The molecule has 2 heterocycles. The predicted octanol–water partition coefficient (Wildman–Crippen LogP) is 5.57. The van der Waals surface area contributed by atoms with E-state index in [1.54, 1.807) is 25.2 Å². The molecule has 1 N–H and O–H groups in total. The van der Waals surface area contributed by atoms with Crippen molar-refractivity contribution < 1.29 is 18.0 Å². The molecule has 0 atom stereocenters. The first-order valence-electron chi connectivity index (χ1n) is 13.8. The average molecular weight is 572 g/mol. The van der Waals surface area contributed by atoms with Crippen molar-refractivity contribution in [3.63, 3.8) is 0 Å². The number of hydrogen-bond acceptors (Lipinski definition) is 6. The summed E-state index contributed by atoms with van der Waals surface area (Å²) in [4.78, 5) is 25.9. The molecule has 1 fully saturated rings. The lowest BCUT2D eigenvalue weighted by Gasteiger charge is -2.33. The van der Waals surface area contributed by atoms with Crippen molar-refractivity contribution in [2.45, 2.75) is 26.1 Å². The third-order valence-electron chi connectivity index (χ3n) is 7.61. The second-order valence-corrected chi connectivity index (χ2v) is 10.7. The van der Waals surface area contributed by atoms with E-state index in [2.05, 4.69) is 32.0 Å². The summed E-state index contributed by atoms with van der Waals surface area (Å²) in [5.74, 6) is 6.75. The minimum atomic E-state index is -4.50. The molecule has 9 heteroatoms. The maximum Gasteiger partial charge on any atom is 0.416 e. The van der Waals surface area contributed by atoms with Crippen molar-refractivity contribution >= 4 is 22.5 Å². The van der Waals surface area contributed by atoms with Crippen molar-refractivity contribution in [2.24, 2.45) is 0 Å². The van der Waals surface area contributed by atoms with Crippen LogP contribution in [0.25, 0.3) is 10.9 Å². The molecule has 0 radical (unpaired) electrons. The highest BCUT2D eigenvalue weighted by molar-refractivity contribution is 5.98. The predicted molar refractivity (Wildman–Crippen MR) is 158 cm³/mol. The monoisotopic (exact) mass is 571 g/mol. The number of Topliss-reactive ketones (excluding diaryl/α,β-unsaturated/α-hetero) is 1. The van der Waals surface area contributed by atoms with Crippen LogP contribution in [0.2, 0.25) is 0 Å². The summed E-state index contributed by atoms with van der Waals surface area (Å²) >= 11 is 0. The Morgan fingerprint density at radius 3 is 2.50 bits per heavy atom. The molecular weight excluding hydrogens is 539 g/mol. The largest absolute Gasteiger partial charge is 0.416 e. The number of hydrogen-bond donors (Lipinski definition) is 1. The first-order valence-corrected chi connectivity index (χ1v) is 13.8. The minimum Gasteiger partial charge on any atom is -0.373 e. The number of aryl methyl sites for hydroxylation is 1. The fourth-order valence-corrected chi connectivity index (χ4v) is 5.07. The van der Waals surface area contributed by atoms with Gasteiger partial charge in [-0.1, -0.05) is 36.1 Å². The molecule has 0 saturated carbocycles. The second-order valence-electron chi connectivity index (χ2n) is 10.7. The lowest BCUT2D eigenvalue weighted by molar-refractivity contribution is -0.138. The molecule has 42 heavy (non-hydrogen) atoms. The highest BCUT2D eigenvalue weighted by Crippen LogP contribution is 2.34. The Bertz CT molecular complexity index is 1680. The van der Waals surface area contributed by atoms with Crippen LogP contribution in [-0.2, 0) is 19.1 Å². The standard InChI is InChI=1S/C33H32F3N5O/c1-22-4-8-26(19-25(22)9-5-23-7-11-28-30(17-23)38-21-39-32(28)37-2)31(42)18-24-6-10-27(29(16-24)33(34,35)36)20-41-14-12-40(3)13-15-41/h4,6-8,10-11,16-17,19,21H,12-15,18,20H2,1-3H3,(H,37,38,39). The Hall–Kier alpha value is -4.26. The summed E-state index contributed by atoms with van der Waals surface area (Å²) in [5, 5.41) is 3.93. The third kappa shape index (κ3) is 6.78. The van der Waals surface area contributed by atoms with Crippen LogP contribution in [0.1, 0.15) is 43.7 Å². The van der Waals surface area contributed by atoms with Gasteiger partial charge < -0.3 is 10.2 Å². The van der Waals surface area contributed by atoms with E-state index in [9.17, 15) is 18.0 Å². The Morgan fingerprint density at radius 1 is 0.976 bits per heavy atom. The molecule has 1 aliphatic rings. The van der Waals surface area contributed by atoms with E-state index >= 15 is 0 Å². The van der Waals surface area contributed by atoms with Crippen LogP contribution in [0.4, 0.5) is 19.0 Å². The Kier molecular flexibility index (Phi) is 8.57. The van der Waals surface area contributed by atoms with Crippen molar-refractivity contribution in [1.82, 2.24) is 19.8 Å². The Morgan fingerprint density at radius 2 is 1.76 bits per heavy atom. The molecule has 0 unspecified atom stereocenters. The molecule has 1 saturated heterocycles. The summed E-state index contributed by atoms with van der Waals surface area (Å²) in [6.45, 7) is 5.23. The number of anilines is 1. The average Bonchev–Trinajstić information content (AvgIpc) is 2.97. The molecule has 6 nitrogen and oxygen atoms in total. The van der Waals surface area contributed by atoms with Crippen LogP contribution in [-0.4, -0.2) is 65.8 Å². The van der Waals surface area contributed by atoms with E-state index < -0.39 is 11.7 Å². The van der Waals surface area contributed by atoms with E-state index in [0.29, 0.717) is 16.7 Å². The zero-order valence-corrected chi connectivity index (χ0v) is 23.8. The molecular formula is C33H32F3N5O. The molecule has 1 aliphatic heterocycles. The summed E-state index contributed by atoms with van der Waals surface area (Å²) in [5.41, 5.74) is 3.39. The highest BCUT2D eigenvalue weighted by Gasteiger charge is 2.34. The van der Waals surface area contributed by atoms with Gasteiger partial charge in [0.1, 0.15) is 12.1 Å². The molecule has 0 amide bonds. The Balaban J connectivity index is 1.34. The van der Waals surface area contributed by atoms with Crippen molar-refractivity contribution in [2.75, 3.05) is 45.6 Å². The van der Waals surface area contributed by atoms with Crippen LogP contribution >= 0.6 is 0 Å². The molecule has 216 valence electrons. The molecule has 1 aromatic heterocycles. The molecule has 3 aromatic carbocycles. The van der Waals surface area contributed by atoms with Crippen LogP contribution < -0.4 is 5.32 Å². The van der Waals surface area contributed by atoms with Gasteiger partial charge in [-0.05, 0) is 61.0 Å². The van der Waals surface area contributed by atoms with Gasteiger partial charge in [-0.25, -0.2) is 9.97 Å². The second kappa shape index (κ2) is 12.3. The number of fused-ring (bicyclic) bond motifs is 1. The smallest absolute Gasteiger partial charge is 0.373 e. The van der Waals surface area contributed by atoms with E-state index in [0.717, 1.165) is 60.1 Å². The van der Waals surface area contributed by atoms with Gasteiger partial charge >= 0.3 is 6.18 Å². The summed E-state index contributed by atoms with van der Waals surface area (Å²) in [6.07, 6.45) is -3.15.